The van der Waals surface area contributed by atoms with Crippen LogP contribution >= 0.6 is 0 Å². The lowest BCUT2D eigenvalue weighted by Gasteiger charge is -2.34. The van der Waals surface area contributed by atoms with Crippen molar-refractivity contribution in [2.24, 2.45) is 11.3 Å². The van der Waals surface area contributed by atoms with Gasteiger partial charge in [0.25, 0.3) is 0 Å². The van der Waals surface area contributed by atoms with Crippen molar-refractivity contribution in [3.05, 3.63) is 0 Å². The minimum Gasteiger partial charge on any atom is -0.302 e. The molecule has 2 nitrogen and oxygen atoms in total. The van der Waals surface area contributed by atoms with Gasteiger partial charge in [0.05, 0.1) is 0 Å². The van der Waals surface area contributed by atoms with Gasteiger partial charge >= 0.3 is 0 Å². The van der Waals surface area contributed by atoms with Crippen molar-refractivity contribution in [3.63, 3.8) is 0 Å². The quantitative estimate of drug-likeness (QED) is 0.619. The van der Waals surface area contributed by atoms with E-state index in [1.165, 1.54) is 0 Å². The van der Waals surface area contributed by atoms with Crippen LogP contribution < -0.4 is 0 Å². The third-order valence-corrected chi connectivity index (χ3v) is 2.45. The Morgan fingerprint density at radius 1 is 1.46 bits per heavy atom. The standard InChI is InChI=1S/C11H21NO/c1-9-7-12(6-5-10(9)13)8-11(2,3)4/h9H,5-8H2,1-4H3. The Morgan fingerprint density at radius 3 is 2.54 bits per heavy atom. The average Bonchev–Trinajstić information content (AvgIpc) is 1.94. The molecule has 0 radical (unpaired) electrons. The molecule has 0 amide bonds. The molecule has 0 spiro atoms. The average molecular weight is 183 g/mol. The summed E-state index contributed by atoms with van der Waals surface area (Å²) in [6.45, 7) is 11.8. The third-order valence-electron chi connectivity index (χ3n) is 2.45. The number of rotatable bonds is 1. The number of carbonyl (C=O) groups excluding carboxylic acids is 1. The maximum absolute atomic E-state index is 11.3. The maximum Gasteiger partial charge on any atom is 0.138 e. The SMILES string of the molecule is CC1CN(CC(C)(C)C)CCC1=O. The number of ketones is 1. The number of hydrogen-bond acceptors (Lipinski definition) is 2. The van der Waals surface area contributed by atoms with Crippen LogP contribution in [0.1, 0.15) is 34.1 Å². The lowest BCUT2D eigenvalue weighted by Crippen LogP contribution is -2.43. The number of likely N-dealkylation sites (tertiary alicyclic amines) is 1. The van der Waals surface area contributed by atoms with Crippen LogP contribution in [0.15, 0.2) is 0 Å². The van der Waals surface area contributed by atoms with Gasteiger partial charge in [-0.05, 0) is 5.41 Å². The maximum atomic E-state index is 11.3. The summed E-state index contributed by atoms with van der Waals surface area (Å²) in [5.41, 5.74) is 0.347. The van der Waals surface area contributed by atoms with Gasteiger partial charge in [-0.25, -0.2) is 0 Å². The third kappa shape index (κ3) is 3.47. The summed E-state index contributed by atoms with van der Waals surface area (Å²) in [4.78, 5) is 13.7. The van der Waals surface area contributed by atoms with E-state index in [9.17, 15) is 4.79 Å². The van der Waals surface area contributed by atoms with E-state index in [2.05, 4.69) is 25.7 Å². The molecule has 1 atom stereocenters. The second-order valence-electron chi connectivity index (χ2n) is 5.41. The lowest BCUT2D eigenvalue weighted by atomic mass is 9.92. The zero-order chi connectivity index (χ0) is 10.1. The monoisotopic (exact) mass is 183 g/mol. The highest BCUT2D eigenvalue weighted by atomic mass is 16.1. The van der Waals surface area contributed by atoms with Gasteiger partial charge in [0.2, 0.25) is 0 Å². The van der Waals surface area contributed by atoms with Crippen LogP contribution in [0.25, 0.3) is 0 Å². The molecule has 1 heterocycles. The summed E-state index contributed by atoms with van der Waals surface area (Å²) in [5.74, 6) is 0.682. The highest BCUT2D eigenvalue weighted by molar-refractivity contribution is 5.81. The van der Waals surface area contributed by atoms with Crippen LogP contribution in [-0.2, 0) is 4.79 Å². The van der Waals surface area contributed by atoms with Gasteiger partial charge in [-0.15, -0.1) is 0 Å². The fourth-order valence-corrected chi connectivity index (χ4v) is 1.91. The zero-order valence-electron chi connectivity index (χ0n) is 9.26. The van der Waals surface area contributed by atoms with Crippen LogP contribution in [0, 0.1) is 11.3 Å². The minimum absolute atomic E-state index is 0.246. The first-order valence-corrected chi connectivity index (χ1v) is 5.13. The highest BCUT2D eigenvalue weighted by Crippen LogP contribution is 2.19. The molecule has 1 fully saturated rings. The van der Waals surface area contributed by atoms with Crippen LogP contribution in [-0.4, -0.2) is 30.3 Å². The van der Waals surface area contributed by atoms with E-state index in [0.29, 0.717) is 11.2 Å². The summed E-state index contributed by atoms with van der Waals surface area (Å²) in [5, 5.41) is 0. The predicted octanol–water partition coefficient (Wildman–Crippen LogP) is 1.94. The molecular formula is C11H21NO. The molecule has 0 aliphatic carbocycles. The van der Waals surface area contributed by atoms with Crippen molar-refractivity contribution < 1.29 is 4.79 Å². The van der Waals surface area contributed by atoms with E-state index in [1.54, 1.807) is 0 Å². The first-order chi connectivity index (χ1) is 5.88. The van der Waals surface area contributed by atoms with Crippen LogP contribution in [0.5, 0.6) is 0 Å². The van der Waals surface area contributed by atoms with Crippen molar-refractivity contribution in [2.75, 3.05) is 19.6 Å². The van der Waals surface area contributed by atoms with Gasteiger partial charge in [-0.1, -0.05) is 27.7 Å². The molecule has 0 N–H and O–H groups in total. The number of Topliss-reactive ketones (excluding diaryl/α,β-unsaturated/α-hetero) is 1. The molecule has 1 rings (SSSR count). The van der Waals surface area contributed by atoms with Gasteiger partial charge < -0.3 is 4.90 Å². The van der Waals surface area contributed by atoms with E-state index >= 15 is 0 Å². The van der Waals surface area contributed by atoms with Crippen LogP contribution in [0.2, 0.25) is 0 Å². The number of nitrogens with zero attached hydrogens (tertiary/aromatic N) is 1. The fourth-order valence-electron chi connectivity index (χ4n) is 1.91. The molecule has 0 aromatic heterocycles. The van der Waals surface area contributed by atoms with E-state index in [-0.39, 0.29) is 5.92 Å². The second-order valence-corrected chi connectivity index (χ2v) is 5.41. The van der Waals surface area contributed by atoms with Crippen molar-refractivity contribution in [2.45, 2.75) is 34.1 Å². The molecule has 0 bridgehead atoms. The van der Waals surface area contributed by atoms with Gasteiger partial charge in [-0.3, -0.25) is 4.79 Å². The molecule has 13 heavy (non-hydrogen) atoms. The number of carbonyl (C=O) groups is 1. The Kier molecular flexibility index (Phi) is 3.12. The predicted molar refractivity (Wildman–Crippen MR) is 54.7 cm³/mol. The summed E-state index contributed by atoms with van der Waals surface area (Å²) < 4.78 is 0. The molecule has 1 saturated heterocycles. The van der Waals surface area contributed by atoms with Gasteiger partial charge in [0.1, 0.15) is 5.78 Å². The first kappa shape index (κ1) is 10.7. The van der Waals surface area contributed by atoms with Gasteiger partial charge in [0.15, 0.2) is 0 Å². The van der Waals surface area contributed by atoms with Crippen LogP contribution in [0.3, 0.4) is 0 Å². The Balaban J connectivity index is 2.42. The van der Waals surface area contributed by atoms with E-state index in [0.717, 1.165) is 26.1 Å². The molecule has 1 unspecified atom stereocenters. The Hall–Kier alpha value is -0.370. The Labute approximate surface area is 81.3 Å². The molecule has 76 valence electrons. The van der Waals surface area contributed by atoms with E-state index in [4.69, 9.17) is 0 Å². The van der Waals surface area contributed by atoms with E-state index in [1.807, 2.05) is 6.92 Å². The first-order valence-electron chi connectivity index (χ1n) is 5.13. The fraction of sp³-hybridized carbons (Fsp3) is 0.909. The summed E-state index contributed by atoms with van der Waals surface area (Å²) >= 11 is 0. The summed E-state index contributed by atoms with van der Waals surface area (Å²) in [6, 6.07) is 0. The highest BCUT2D eigenvalue weighted by Gasteiger charge is 2.25. The molecular weight excluding hydrogens is 162 g/mol. The van der Waals surface area contributed by atoms with Crippen molar-refractivity contribution >= 4 is 5.78 Å². The largest absolute Gasteiger partial charge is 0.302 e. The molecule has 0 aromatic rings. The molecule has 2 heteroatoms. The molecule has 0 saturated carbocycles. The summed E-state index contributed by atoms with van der Waals surface area (Å²) in [7, 11) is 0. The van der Waals surface area contributed by atoms with Crippen molar-refractivity contribution in [1.29, 1.82) is 0 Å². The molecule has 1 aliphatic heterocycles. The Bertz CT molecular complexity index is 193. The summed E-state index contributed by atoms with van der Waals surface area (Å²) in [6.07, 6.45) is 0.747. The van der Waals surface area contributed by atoms with E-state index < -0.39 is 0 Å². The topological polar surface area (TPSA) is 20.3 Å². The van der Waals surface area contributed by atoms with Crippen molar-refractivity contribution in [1.82, 2.24) is 4.90 Å². The van der Waals surface area contributed by atoms with Crippen LogP contribution in [0.4, 0.5) is 0 Å². The number of piperidine rings is 1. The number of hydrogen-bond donors (Lipinski definition) is 0. The smallest absolute Gasteiger partial charge is 0.138 e. The lowest BCUT2D eigenvalue weighted by molar-refractivity contribution is -0.125. The van der Waals surface area contributed by atoms with Crippen molar-refractivity contribution in [3.8, 4) is 0 Å². The molecule has 1 aliphatic rings. The zero-order valence-corrected chi connectivity index (χ0v) is 9.26. The minimum atomic E-state index is 0.246. The molecule has 0 aromatic carbocycles. The Morgan fingerprint density at radius 2 is 2.08 bits per heavy atom. The van der Waals surface area contributed by atoms with Gasteiger partial charge in [-0.2, -0.15) is 0 Å². The van der Waals surface area contributed by atoms with Gasteiger partial charge in [0, 0.05) is 32.0 Å². The second kappa shape index (κ2) is 3.79. The normalized spacial score (nSPS) is 26.5.